The van der Waals surface area contributed by atoms with E-state index in [-0.39, 0.29) is 69.8 Å². The maximum absolute atomic E-state index is 14.5. The Kier molecular flexibility index (Phi) is 12.8. The van der Waals surface area contributed by atoms with Crippen LogP contribution in [0.1, 0.15) is 43.4 Å². The Labute approximate surface area is 313 Å². The number of methoxy groups -OCH3 is 1. The number of carbonyl (C=O) groups is 4. The molecule has 278 valence electrons. The van der Waals surface area contributed by atoms with Crippen LogP contribution in [-0.2, 0) is 33.9 Å². The van der Waals surface area contributed by atoms with E-state index >= 15 is 0 Å². The van der Waals surface area contributed by atoms with Crippen molar-refractivity contribution in [2.75, 3.05) is 44.8 Å². The SMILES string of the molecule is C#CCN(C[C@H]1CN(Cc2cccc3sc(N)nc23)C(=O)[C@H](Cc2ccc(OCC(=O)CC)c(N)c2)N1C(=O)CC)C(=O)NCc1ccc(OC)cc1. The summed E-state index contributed by atoms with van der Waals surface area (Å²) >= 11 is 1.36. The number of Topliss-reactive ketones (excluding diaryl/α,β-unsaturated/α-hetero) is 1. The van der Waals surface area contributed by atoms with Gasteiger partial charge >= 0.3 is 6.03 Å². The normalized spacial score (nSPS) is 15.5. The van der Waals surface area contributed by atoms with Crippen LogP contribution in [0.25, 0.3) is 10.2 Å². The Morgan fingerprint density at radius 1 is 1.08 bits per heavy atom. The van der Waals surface area contributed by atoms with Crippen LogP contribution in [0.5, 0.6) is 11.5 Å². The number of urea groups is 1. The largest absolute Gasteiger partial charge is 0.497 e. The van der Waals surface area contributed by atoms with Gasteiger partial charge in [-0.3, -0.25) is 14.4 Å². The Balaban J connectivity index is 1.46. The molecule has 0 bridgehead atoms. The van der Waals surface area contributed by atoms with Crippen molar-refractivity contribution in [1.29, 1.82) is 0 Å². The van der Waals surface area contributed by atoms with Gasteiger partial charge in [-0.1, -0.05) is 61.4 Å². The molecule has 53 heavy (non-hydrogen) atoms. The number of nitrogens with zero attached hydrogens (tertiary/aromatic N) is 4. The van der Waals surface area contributed by atoms with Crippen molar-refractivity contribution in [2.24, 2.45) is 0 Å². The minimum atomic E-state index is -0.927. The van der Waals surface area contributed by atoms with E-state index in [0.29, 0.717) is 39.8 Å². The molecule has 0 radical (unpaired) electrons. The van der Waals surface area contributed by atoms with Crippen LogP contribution in [0.4, 0.5) is 15.6 Å². The molecule has 2 heterocycles. The number of benzene rings is 3. The Hall–Kier alpha value is -5.81. The molecule has 0 unspecified atom stereocenters. The number of nitrogens with one attached hydrogen (secondary N) is 1. The number of rotatable bonds is 15. The Bertz CT molecular complexity index is 1990. The van der Waals surface area contributed by atoms with Crippen molar-refractivity contribution in [2.45, 2.75) is 58.3 Å². The quantitative estimate of drug-likeness (QED) is 0.119. The number of piperazine rings is 1. The first kappa shape index (κ1) is 38.4. The predicted molar refractivity (Wildman–Crippen MR) is 205 cm³/mol. The van der Waals surface area contributed by atoms with Gasteiger partial charge < -0.3 is 41.0 Å². The number of hydrogen-bond acceptors (Lipinski definition) is 10. The van der Waals surface area contributed by atoms with E-state index in [1.807, 2.05) is 42.5 Å². The van der Waals surface area contributed by atoms with Crippen LogP contribution < -0.4 is 26.3 Å². The topological polar surface area (TPSA) is 173 Å². The average molecular weight is 740 g/mol. The molecular weight excluding hydrogens is 695 g/mol. The van der Waals surface area contributed by atoms with Crippen molar-refractivity contribution in [3.8, 4) is 23.8 Å². The molecule has 0 aliphatic carbocycles. The summed E-state index contributed by atoms with van der Waals surface area (Å²) in [6.45, 7) is 4.04. The third kappa shape index (κ3) is 9.36. The van der Waals surface area contributed by atoms with E-state index in [4.69, 9.17) is 27.4 Å². The van der Waals surface area contributed by atoms with Crippen molar-refractivity contribution in [1.82, 2.24) is 25.0 Å². The van der Waals surface area contributed by atoms with E-state index in [1.54, 1.807) is 49.0 Å². The first-order valence-corrected chi connectivity index (χ1v) is 18.2. The second kappa shape index (κ2) is 17.6. The van der Waals surface area contributed by atoms with Gasteiger partial charge in [0.2, 0.25) is 11.8 Å². The first-order valence-electron chi connectivity index (χ1n) is 17.4. The van der Waals surface area contributed by atoms with Crippen LogP contribution in [0.3, 0.4) is 0 Å². The molecule has 0 spiro atoms. The zero-order valence-electron chi connectivity index (χ0n) is 30.2. The highest BCUT2D eigenvalue weighted by Gasteiger charge is 2.43. The number of fused-ring (bicyclic) bond motifs is 1. The van der Waals surface area contributed by atoms with Crippen LogP contribution in [0.15, 0.2) is 60.7 Å². The average Bonchev–Trinajstić information content (AvgIpc) is 3.56. The molecule has 4 amide bonds. The van der Waals surface area contributed by atoms with Crippen LogP contribution in [-0.4, -0.2) is 88.7 Å². The fourth-order valence-corrected chi connectivity index (χ4v) is 7.15. The number of thiazole rings is 1. The van der Waals surface area contributed by atoms with Crippen molar-refractivity contribution < 1.29 is 28.7 Å². The number of anilines is 2. The number of nitrogens with two attached hydrogens (primary N) is 2. The first-order chi connectivity index (χ1) is 25.5. The number of terminal acetylenes is 1. The summed E-state index contributed by atoms with van der Waals surface area (Å²) in [5, 5.41) is 3.35. The molecule has 3 aromatic carbocycles. The molecule has 2 atom stereocenters. The van der Waals surface area contributed by atoms with Crippen molar-refractivity contribution in [3.05, 3.63) is 77.4 Å². The van der Waals surface area contributed by atoms with Crippen LogP contribution >= 0.6 is 11.3 Å². The summed E-state index contributed by atoms with van der Waals surface area (Å²) in [5.41, 5.74) is 15.8. The third-order valence-corrected chi connectivity index (χ3v) is 9.97. The van der Waals surface area contributed by atoms with E-state index in [1.165, 1.54) is 16.2 Å². The molecular formula is C39H45N7O6S. The second-order valence-corrected chi connectivity index (χ2v) is 13.8. The van der Waals surface area contributed by atoms with Crippen molar-refractivity contribution in [3.63, 3.8) is 0 Å². The zero-order valence-corrected chi connectivity index (χ0v) is 31.0. The number of para-hydroxylation sites is 1. The van der Waals surface area contributed by atoms with E-state index in [9.17, 15) is 19.2 Å². The highest BCUT2D eigenvalue weighted by atomic mass is 32.1. The number of amides is 4. The fraction of sp³-hybridized carbons (Fsp3) is 0.359. The van der Waals surface area contributed by atoms with Crippen molar-refractivity contribution >= 4 is 56.0 Å². The van der Waals surface area contributed by atoms with Gasteiger partial charge in [-0.2, -0.15) is 0 Å². The lowest BCUT2D eigenvalue weighted by atomic mass is 9.96. The molecule has 4 aromatic rings. The molecule has 1 aliphatic rings. The highest BCUT2D eigenvalue weighted by molar-refractivity contribution is 7.22. The van der Waals surface area contributed by atoms with Gasteiger partial charge in [0.25, 0.3) is 0 Å². The Morgan fingerprint density at radius 2 is 1.83 bits per heavy atom. The minimum Gasteiger partial charge on any atom is -0.497 e. The third-order valence-electron chi connectivity index (χ3n) is 9.12. The van der Waals surface area contributed by atoms with Gasteiger partial charge in [-0.15, -0.1) is 6.42 Å². The number of ketones is 1. The van der Waals surface area contributed by atoms with Gasteiger partial charge in [-0.25, -0.2) is 9.78 Å². The maximum atomic E-state index is 14.5. The summed E-state index contributed by atoms with van der Waals surface area (Å²) in [7, 11) is 1.58. The molecule has 5 N–H and O–H groups in total. The lowest BCUT2D eigenvalue weighted by Gasteiger charge is -2.47. The van der Waals surface area contributed by atoms with Gasteiger partial charge in [0.1, 0.15) is 24.1 Å². The molecule has 5 rings (SSSR count). The second-order valence-electron chi connectivity index (χ2n) is 12.7. The molecule has 1 aliphatic heterocycles. The van der Waals surface area contributed by atoms with Crippen LogP contribution in [0, 0.1) is 12.3 Å². The lowest BCUT2D eigenvalue weighted by Crippen LogP contribution is -2.66. The number of ether oxygens (including phenoxy) is 2. The Morgan fingerprint density at radius 3 is 2.51 bits per heavy atom. The number of hydrogen-bond donors (Lipinski definition) is 3. The minimum absolute atomic E-state index is 0.0202. The molecule has 14 heteroatoms. The summed E-state index contributed by atoms with van der Waals surface area (Å²) < 4.78 is 11.8. The molecule has 1 saturated heterocycles. The summed E-state index contributed by atoms with van der Waals surface area (Å²) in [6.07, 6.45) is 6.37. The zero-order chi connectivity index (χ0) is 38.1. The summed E-state index contributed by atoms with van der Waals surface area (Å²) in [6, 6.07) is 16.2. The van der Waals surface area contributed by atoms with Gasteiger partial charge in [0.05, 0.1) is 35.6 Å². The van der Waals surface area contributed by atoms with E-state index in [0.717, 1.165) is 15.8 Å². The molecule has 1 fully saturated rings. The smallest absolute Gasteiger partial charge is 0.318 e. The lowest BCUT2D eigenvalue weighted by molar-refractivity contribution is -0.156. The fourth-order valence-electron chi connectivity index (χ4n) is 6.36. The molecule has 0 saturated carbocycles. The van der Waals surface area contributed by atoms with Crippen LogP contribution in [0.2, 0.25) is 0 Å². The molecule has 13 nitrogen and oxygen atoms in total. The standard InChI is InChI=1S/C39H45N7O6S/c1-5-17-44(39(50)42-20-25-11-14-30(51-4)15-12-25)22-28-23-45(21-27-9-8-10-34-36(27)43-38(41)53-34)37(49)32(46(28)35(48)7-3)19-26-13-16-33(31(40)18-26)52-24-29(47)6-2/h1,8-16,18,28,32H,6-7,17,19-24,40H2,2-4H3,(H2,41,43)(H,42,50)/t28-,32-/m0/s1. The summed E-state index contributed by atoms with van der Waals surface area (Å²) in [5.74, 6) is 3.06. The van der Waals surface area contributed by atoms with Gasteiger partial charge in [0, 0.05) is 45.4 Å². The van der Waals surface area contributed by atoms with E-state index in [2.05, 4.69) is 16.2 Å². The summed E-state index contributed by atoms with van der Waals surface area (Å²) in [4.78, 5) is 63.1. The number of carbonyl (C=O) groups excluding carboxylic acids is 4. The number of aromatic nitrogens is 1. The molecule has 1 aromatic heterocycles. The number of nitrogen functional groups attached to an aromatic ring is 2. The highest BCUT2D eigenvalue weighted by Crippen LogP contribution is 2.31. The maximum Gasteiger partial charge on any atom is 0.318 e. The monoisotopic (exact) mass is 739 g/mol. The predicted octanol–water partition coefficient (Wildman–Crippen LogP) is 4.23. The van der Waals surface area contributed by atoms with Gasteiger partial charge in [0.15, 0.2) is 10.9 Å². The van der Waals surface area contributed by atoms with Gasteiger partial charge in [-0.05, 0) is 47.0 Å². The van der Waals surface area contributed by atoms with E-state index < -0.39 is 18.1 Å².